The molecule has 158 valence electrons. The van der Waals surface area contributed by atoms with E-state index in [0.717, 1.165) is 36.4 Å². The summed E-state index contributed by atoms with van der Waals surface area (Å²) in [6, 6.07) is 4.22. The van der Waals surface area contributed by atoms with Gasteiger partial charge < -0.3 is 15.4 Å². The molecule has 2 atom stereocenters. The summed E-state index contributed by atoms with van der Waals surface area (Å²) < 4.78 is 6.14. The highest BCUT2D eigenvalue weighted by Crippen LogP contribution is 2.33. The maximum absolute atomic E-state index is 13.1. The van der Waals surface area contributed by atoms with Crippen LogP contribution in [0.15, 0.2) is 18.2 Å². The minimum absolute atomic E-state index is 0.00514. The topological polar surface area (TPSA) is 117 Å². The Kier molecular flexibility index (Phi) is 4.68. The molecule has 4 amide bonds. The summed E-state index contributed by atoms with van der Waals surface area (Å²) in [5, 5.41) is 8.82. The highest BCUT2D eigenvalue weighted by atomic mass is 16.5. The van der Waals surface area contributed by atoms with Crippen molar-refractivity contribution in [2.24, 2.45) is 0 Å². The van der Waals surface area contributed by atoms with E-state index in [-0.39, 0.29) is 30.5 Å². The van der Waals surface area contributed by atoms with Gasteiger partial charge in [0.2, 0.25) is 11.8 Å². The lowest BCUT2D eigenvalue weighted by Gasteiger charge is -2.38. The van der Waals surface area contributed by atoms with Crippen LogP contribution in [0.4, 0.5) is 0 Å². The smallest absolute Gasteiger partial charge is 0.262 e. The molecule has 0 bridgehead atoms. The van der Waals surface area contributed by atoms with Gasteiger partial charge in [0.05, 0.1) is 22.8 Å². The van der Waals surface area contributed by atoms with Crippen molar-refractivity contribution >= 4 is 23.6 Å². The molecule has 9 heteroatoms. The summed E-state index contributed by atoms with van der Waals surface area (Å²) in [4.78, 5) is 50.6. The number of fused-ring (bicyclic) bond motifs is 1. The molecule has 4 heterocycles. The number of piperidine rings is 1. The predicted octanol–water partition coefficient (Wildman–Crippen LogP) is -0.302. The van der Waals surface area contributed by atoms with Crippen LogP contribution in [0.3, 0.4) is 0 Å². The predicted molar refractivity (Wildman–Crippen MR) is 105 cm³/mol. The fourth-order valence-corrected chi connectivity index (χ4v) is 4.80. The second kappa shape index (κ2) is 7.26. The Morgan fingerprint density at radius 1 is 1.13 bits per heavy atom. The molecule has 4 aliphatic heterocycles. The fourth-order valence-electron chi connectivity index (χ4n) is 4.80. The number of amides is 4. The normalized spacial score (nSPS) is 27.4. The Labute approximate surface area is 173 Å². The number of imide groups is 2. The van der Waals surface area contributed by atoms with Crippen LogP contribution in [-0.4, -0.2) is 65.9 Å². The molecule has 3 saturated heterocycles. The summed E-state index contributed by atoms with van der Waals surface area (Å²) in [7, 11) is 0. The lowest BCUT2D eigenvalue weighted by molar-refractivity contribution is -0.136. The number of carbonyl (C=O) groups excluding carboxylic acids is 4. The molecule has 3 N–H and O–H groups in total. The number of carbonyl (C=O) groups is 4. The lowest BCUT2D eigenvalue weighted by atomic mass is 9.93. The molecule has 0 aromatic heterocycles. The van der Waals surface area contributed by atoms with E-state index in [4.69, 9.17) is 4.74 Å². The van der Waals surface area contributed by atoms with Crippen LogP contribution in [0.2, 0.25) is 0 Å². The molecule has 5 rings (SSSR count). The zero-order chi connectivity index (χ0) is 20.9. The summed E-state index contributed by atoms with van der Waals surface area (Å²) >= 11 is 0. The SMILES string of the molecule is O=C1CCC(N2C(=O)c3cccc(CNCC4CCC5(CNC5)O4)c3C2=O)C(=O)N1. The zero-order valence-corrected chi connectivity index (χ0v) is 16.5. The number of nitrogens with zero attached hydrogens (tertiary/aromatic N) is 1. The molecular weight excluding hydrogens is 388 g/mol. The summed E-state index contributed by atoms with van der Waals surface area (Å²) in [5.41, 5.74) is 1.37. The Morgan fingerprint density at radius 2 is 1.97 bits per heavy atom. The second-order valence-electron chi connectivity index (χ2n) is 8.48. The molecule has 1 aromatic rings. The molecule has 0 radical (unpaired) electrons. The van der Waals surface area contributed by atoms with Crippen molar-refractivity contribution in [2.75, 3.05) is 19.6 Å². The first-order valence-electron chi connectivity index (χ1n) is 10.4. The van der Waals surface area contributed by atoms with Crippen LogP contribution in [-0.2, 0) is 20.9 Å². The number of hydrogen-bond donors (Lipinski definition) is 3. The van der Waals surface area contributed by atoms with Gasteiger partial charge in [-0.3, -0.25) is 29.4 Å². The van der Waals surface area contributed by atoms with Gasteiger partial charge in [-0.25, -0.2) is 0 Å². The highest BCUT2D eigenvalue weighted by molar-refractivity contribution is 6.24. The molecule has 1 aromatic carbocycles. The quantitative estimate of drug-likeness (QED) is 0.569. The number of rotatable bonds is 5. The Morgan fingerprint density at radius 3 is 2.67 bits per heavy atom. The molecule has 0 saturated carbocycles. The highest BCUT2D eigenvalue weighted by Gasteiger charge is 2.46. The molecule has 2 unspecified atom stereocenters. The first-order chi connectivity index (χ1) is 14.5. The first kappa shape index (κ1) is 19.3. The Hall–Kier alpha value is -2.62. The Balaban J connectivity index is 1.27. The van der Waals surface area contributed by atoms with Crippen molar-refractivity contribution in [3.8, 4) is 0 Å². The number of ether oxygens (including phenoxy) is 1. The standard InChI is InChI=1S/C21H24N4O5/c26-16-5-4-15(18(27)24-16)25-19(28)14-3-1-2-12(17(14)20(25)29)8-22-9-13-6-7-21(30-13)10-23-11-21/h1-3,13,15,22-23H,4-11H2,(H,24,26,27). The summed E-state index contributed by atoms with van der Waals surface area (Å²) in [6.45, 7) is 2.91. The van der Waals surface area contributed by atoms with Crippen LogP contribution < -0.4 is 16.0 Å². The van der Waals surface area contributed by atoms with Crippen LogP contribution in [0.25, 0.3) is 0 Å². The van der Waals surface area contributed by atoms with E-state index in [1.807, 2.05) is 6.07 Å². The van der Waals surface area contributed by atoms with Crippen molar-refractivity contribution in [3.63, 3.8) is 0 Å². The average Bonchev–Trinajstić information content (AvgIpc) is 3.24. The van der Waals surface area contributed by atoms with Crippen molar-refractivity contribution < 1.29 is 23.9 Å². The van der Waals surface area contributed by atoms with Crippen molar-refractivity contribution in [2.45, 2.75) is 50.0 Å². The third-order valence-electron chi connectivity index (χ3n) is 6.47. The molecular formula is C21H24N4O5. The van der Waals surface area contributed by atoms with Gasteiger partial charge in [0.15, 0.2) is 0 Å². The second-order valence-corrected chi connectivity index (χ2v) is 8.48. The lowest BCUT2D eigenvalue weighted by Crippen LogP contribution is -2.59. The van der Waals surface area contributed by atoms with Crippen molar-refractivity contribution in [1.29, 1.82) is 0 Å². The molecule has 9 nitrogen and oxygen atoms in total. The molecule has 30 heavy (non-hydrogen) atoms. The van der Waals surface area contributed by atoms with E-state index in [0.29, 0.717) is 24.2 Å². The fraction of sp³-hybridized carbons (Fsp3) is 0.524. The molecule has 3 fully saturated rings. The third kappa shape index (κ3) is 3.13. The van der Waals surface area contributed by atoms with Crippen LogP contribution in [0, 0.1) is 0 Å². The first-order valence-corrected chi connectivity index (χ1v) is 10.4. The minimum Gasteiger partial charge on any atom is -0.368 e. The monoisotopic (exact) mass is 412 g/mol. The van der Waals surface area contributed by atoms with Gasteiger partial charge in [-0.2, -0.15) is 0 Å². The maximum atomic E-state index is 13.1. The molecule has 4 aliphatic rings. The largest absolute Gasteiger partial charge is 0.368 e. The van der Waals surface area contributed by atoms with Gasteiger partial charge in [0.25, 0.3) is 11.8 Å². The maximum Gasteiger partial charge on any atom is 0.262 e. The van der Waals surface area contributed by atoms with Crippen LogP contribution in [0.1, 0.15) is 52.0 Å². The van der Waals surface area contributed by atoms with Gasteiger partial charge in [-0.05, 0) is 30.9 Å². The van der Waals surface area contributed by atoms with Gasteiger partial charge in [-0.1, -0.05) is 12.1 Å². The molecule has 0 aliphatic carbocycles. The zero-order valence-electron chi connectivity index (χ0n) is 16.5. The van der Waals surface area contributed by atoms with Crippen LogP contribution >= 0.6 is 0 Å². The van der Waals surface area contributed by atoms with Gasteiger partial charge in [-0.15, -0.1) is 0 Å². The van der Waals surface area contributed by atoms with E-state index in [1.54, 1.807) is 12.1 Å². The van der Waals surface area contributed by atoms with Crippen molar-refractivity contribution in [3.05, 3.63) is 34.9 Å². The molecule has 1 spiro atoms. The van der Waals surface area contributed by atoms with E-state index >= 15 is 0 Å². The summed E-state index contributed by atoms with van der Waals surface area (Å²) in [5.74, 6) is -1.94. The number of nitrogens with one attached hydrogen (secondary N) is 3. The van der Waals surface area contributed by atoms with Gasteiger partial charge >= 0.3 is 0 Å². The van der Waals surface area contributed by atoms with Crippen molar-refractivity contribution in [1.82, 2.24) is 20.9 Å². The number of benzene rings is 1. The van der Waals surface area contributed by atoms with Gasteiger partial charge in [0.1, 0.15) is 6.04 Å². The minimum atomic E-state index is -0.949. The van der Waals surface area contributed by atoms with E-state index in [1.165, 1.54) is 0 Å². The summed E-state index contributed by atoms with van der Waals surface area (Å²) in [6.07, 6.45) is 2.46. The third-order valence-corrected chi connectivity index (χ3v) is 6.47. The van der Waals surface area contributed by atoms with Gasteiger partial charge in [0, 0.05) is 32.6 Å². The van der Waals surface area contributed by atoms with E-state index < -0.39 is 23.8 Å². The average molecular weight is 412 g/mol. The van der Waals surface area contributed by atoms with E-state index in [2.05, 4.69) is 16.0 Å². The van der Waals surface area contributed by atoms with E-state index in [9.17, 15) is 19.2 Å². The number of hydrogen-bond acceptors (Lipinski definition) is 7. The Bertz CT molecular complexity index is 941. The van der Waals surface area contributed by atoms with Crippen LogP contribution in [0.5, 0.6) is 0 Å².